The molecule has 0 radical (unpaired) electrons. The molecule has 0 spiro atoms. The zero-order valence-electron chi connectivity index (χ0n) is 19.0. The van der Waals surface area contributed by atoms with Gasteiger partial charge in [-0.05, 0) is 31.9 Å². The van der Waals surface area contributed by atoms with E-state index in [1.54, 1.807) is 23.3 Å². The summed E-state index contributed by atoms with van der Waals surface area (Å²) in [6.45, 7) is 3.34. The Morgan fingerprint density at radius 1 is 1.15 bits per heavy atom. The van der Waals surface area contributed by atoms with E-state index in [4.69, 9.17) is 9.84 Å². The van der Waals surface area contributed by atoms with Gasteiger partial charge in [0.05, 0.1) is 6.54 Å². The lowest BCUT2D eigenvalue weighted by Crippen LogP contribution is -2.44. The second kappa shape index (κ2) is 12.3. The summed E-state index contributed by atoms with van der Waals surface area (Å²) in [6.07, 6.45) is 5.03. The summed E-state index contributed by atoms with van der Waals surface area (Å²) in [5, 5.41) is 13.9. The monoisotopic (exact) mass is 458 g/mol. The number of likely N-dealkylation sites (N-methyl/N-ethyl adjacent to an activating group) is 1. The fraction of sp³-hybridized carbons (Fsp3) is 0.391. The molecular weight excluding hydrogens is 428 g/mol. The Hall–Kier alpha value is -3.82. The predicted molar refractivity (Wildman–Crippen MR) is 121 cm³/mol. The van der Waals surface area contributed by atoms with Crippen molar-refractivity contribution in [3.63, 3.8) is 0 Å². The minimum absolute atomic E-state index is 0.0175. The quantitative estimate of drug-likeness (QED) is 0.479. The van der Waals surface area contributed by atoms with Crippen molar-refractivity contribution in [2.45, 2.75) is 32.4 Å². The highest BCUT2D eigenvalue weighted by atomic mass is 16.6. The van der Waals surface area contributed by atoms with Crippen LogP contribution in [-0.2, 0) is 25.5 Å². The molecule has 2 atom stereocenters. The van der Waals surface area contributed by atoms with Crippen molar-refractivity contribution in [3.05, 3.63) is 59.8 Å². The number of nitrogens with zero attached hydrogens (tertiary/aromatic N) is 2. The highest BCUT2D eigenvalue weighted by molar-refractivity contribution is 5.98. The number of benzene rings is 1. The summed E-state index contributed by atoms with van der Waals surface area (Å²) in [6, 6.07) is 8.69. The third-order valence-corrected chi connectivity index (χ3v) is 4.84. The van der Waals surface area contributed by atoms with E-state index in [0.29, 0.717) is 18.5 Å². The van der Waals surface area contributed by atoms with Gasteiger partial charge < -0.3 is 30.3 Å². The number of amides is 3. The molecule has 3 amide bonds. The summed E-state index contributed by atoms with van der Waals surface area (Å²) in [7, 11) is 1.46. The molecule has 2 rings (SSSR count). The molecule has 1 aliphatic rings. The van der Waals surface area contributed by atoms with E-state index in [-0.39, 0.29) is 25.2 Å². The minimum Gasteiger partial charge on any atom is -0.480 e. The number of hydrogen-bond acceptors (Lipinski definition) is 6. The SMILES string of the molecule is C[C@H](NC(=O)CN(C)C(=O)C1=CCN(COC(=O)N[C@@H](C)Cc2ccccc2)C=C1)C(=O)O. The highest BCUT2D eigenvalue weighted by Gasteiger charge is 2.20. The van der Waals surface area contributed by atoms with Crippen LogP contribution in [0.1, 0.15) is 19.4 Å². The van der Waals surface area contributed by atoms with Gasteiger partial charge in [0.1, 0.15) is 6.04 Å². The van der Waals surface area contributed by atoms with Gasteiger partial charge in [-0.15, -0.1) is 0 Å². The van der Waals surface area contributed by atoms with Crippen LogP contribution >= 0.6 is 0 Å². The summed E-state index contributed by atoms with van der Waals surface area (Å²) in [4.78, 5) is 50.1. The number of carboxylic acids is 1. The van der Waals surface area contributed by atoms with Crippen molar-refractivity contribution >= 4 is 23.9 Å². The molecule has 0 aromatic heterocycles. The Morgan fingerprint density at radius 3 is 2.45 bits per heavy atom. The lowest BCUT2D eigenvalue weighted by molar-refractivity contribution is -0.141. The number of hydrogen-bond donors (Lipinski definition) is 3. The molecule has 1 heterocycles. The normalized spacial score (nSPS) is 14.5. The maximum atomic E-state index is 12.5. The smallest absolute Gasteiger partial charge is 0.409 e. The first-order chi connectivity index (χ1) is 15.7. The molecule has 33 heavy (non-hydrogen) atoms. The van der Waals surface area contributed by atoms with E-state index in [9.17, 15) is 19.2 Å². The highest BCUT2D eigenvalue weighted by Crippen LogP contribution is 2.10. The van der Waals surface area contributed by atoms with E-state index in [2.05, 4.69) is 10.6 Å². The van der Waals surface area contributed by atoms with Crippen molar-refractivity contribution in [2.24, 2.45) is 0 Å². The van der Waals surface area contributed by atoms with Crippen LogP contribution in [0, 0.1) is 0 Å². The minimum atomic E-state index is -1.16. The van der Waals surface area contributed by atoms with Crippen LogP contribution in [0.2, 0.25) is 0 Å². The van der Waals surface area contributed by atoms with Gasteiger partial charge in [0, 0.05) is 31.4 Å². The van der Waals surface area contributed by atoms with E-state index in [1.807, 2.05) is 37.3 Å². The number of aliphatic carboxylic acids is 1. The molecule has 10 nitrogen and oxygen atoms in total. The Labute approximate surface area is 192 Å². The van der Waals surface area contributed by atoms with Crippen LogP contribution in [0.25, 0.3) is 0 Å². The second-order valence-electron chi connectivity index (χ2n) is 7.83. The zero-order chi connectivity index (χ0) is 24.4. The van der Waals surface area contributed by atoms with Gasteiger partial charge in [-0.2, -0.15) is 0 Å². The number of rotatable bonds is 10. The average Bonchev–Trinajstić information content (AvgIpc) is 2.77. The topological polar surface area (TPSA) is 128 Å². The molecule has 1 aromatic rings. The fourth-order valence-corrected chi connectivity index (χ4v) is 3.04. The Balaban J connectivity index is 1.72. The van der Waals surface area contributed by atoms with Crippen LogP contribution < -0.4 is 10.6 Å². The van der Waals surface area contributed by atoms with E-state index < -0.39 is 24.0 Å². The molecule has 1 aromatic carbocycles. The molecule has 3 N–H and O–H groups in total. The Morgan fingerprint density at radius 2 is 1.85 bits per heavy atom. The van der Waals surface area contributed by atoms with E-state index in [1.165, 1.54) is 18.9 Å². The first kappa shape index (κ1) is 25.4. The average molecular weight is 459 g/mol. The van der Waals surface area contributed by atoms with Crippen molar-refractivity contribution in [2.75, 3.05) is 26.9 Å². The molecule has 1 aliphatic heterocycles. The van der Waals surface area contributed by atoms with Gasteiger partial charge in [-0.3, -0.25) is 14.4 Å². The number of carboxylic acid groups (broad SMARTS) is 1. The van der Waals surface area contributed by atoms with Gasteiger partial charge in [-0.25, -0.2) is 4.79 Å². The molecule has 178 valence electrons. The lowest BCUT2D eigenvalue weighted by Gasteiger charge is -2.24. The van der Waals surface area contributed by atoms with Crippen molar-refractivity contribution in [3.8, 4) is 0 Å². The first-order valence-corrected chi connectivity index (χ1v) is 10.5. The summed E-state index contributed by atoms with van der Waals surface area (Å²) in [5.41, 5.74) is 1.50. The number of nitrogens with one attached hydrogen (secondary N) is 2. The van der Waals surface area contributed by atoms with Crippen LogP contribution in [0.15, 0.2) is 54.3 Å². The van der Waals surface area contributed by atoms with Crippen LogP contribution in [-0.4, -0.2) is 77.7 Å². The summed E-state index contributed by atoms with van der Waals surface area (Å²) < 4.78 is 5.24. The second-order valence-corrected chi connectivity index (χ2v) is 7.83. The van der Waals surface area contributed by atoms with Crippen molar-refractivity contribution in [1.82, 2.24) is 20.4 Å². The maximum Gasteiger partial charge on any atom is 0.409 e. The van der Waals surface area contributed by atoms with Gasteiger partial charge in [-0.1, -0.05) is 36.4 Å². The van der Waals surface area contributed by atoms with Gasteiger partial charge in [0.2, 0.25) is 5.91 Å². The third kappa shape index (κ3) is 8.68. The molecule has 0 saturated carbocycles. The number of carbonyl (C=O) groups excluding carboxylic acids is 3. The standard InChI is InChI=1S/C23H30N4O6/c1-16(13-18-7-5-4-6-8-18)24-23(32)33-15-27-11-9-19(10-12-27)21(29)26(3)14-20(28)25-17(2)22(30)31/h4-11,16-17H,12-15H2,1-3H3,(H,24,32)(H,25,28)(H,30,31)/t16-,17-/m0/s1. The third-order valence-electron chi connectivity index (χ3n) is 4.84. The molecular formula is C23H30N4O6. The van der Waals surface area contributed by atoms with Crippen LogP contribution in [0.4, 0.5) is 4.79 Å². The van der Waals surface area contributed by atoms with Crippen LogP contribution in [0.3, 0.4) is 0 Å². The molecule has 0 bridgehead atoms. The molecule has 0 aliphatic carbocycles. The zero-order valence-corrected chi connectivity index (χ0v) is 19.0. The molecule has 0 unspecified atom stereocenters. The largest absolute Gasteiger partial charge is 0.480 e. The van der Waals surface area contributed by atoms with Gasteiger partial charge in [0.15, 0.2) is 6.73 Å². The van der Waals surface area contributed by atoms with Crippen molar-refractivity contribution in [1.29, 1.82) is 0 Å². The summed E-state index contributed by atoms with van der Waals surface area (Å²) in [5.74, 6) is -2.10. The fourth-order valence-electron chi connectivity index (χ4n) is 3.04. The van der Waals surface area contributed by atoms with E-state index in [0.717, 1.165) is 5.56 Å². The maximum absolute atomic E-state index is 12.5. The van der Waals surface area contributed by atoms with Crippen molar-refractivity contribution < 1.29 is 29.0 Å². The Kier molecular flexibility index (Phi) is 9.46. The lowest BCUT2D eigenvalue weighted by atomic mass is 10.1. The van der Waals surface area contributed by atoms with E-state index >= 15 is 0 Å². The van der Waals surface area contributed by atoms with Gasteiger partial charge in [0.25, 0.3) is 5.91 Å². The van der Waals surface area contributed by atoms with Crippen LogP contribution in [0.5, 0.6) is 0 Å². The summed E-state index contributed by atoms with van der Waals surface area (Å²) >= 11 is 0. The first-order valence-electron chi connectivity index (χ1n) is 10.5. The molecule has 0 fully saturated rings. The Bertz CT molecular complexity index is 915. The van der Waals surface area contributed by atoms with Gasteiger partial charge >= 0.3 is 12.1 Å². The number of ether oxygens (including phenoxy) is 1. The number of alkyl carbamates (subject to hydrolysis) is 1. The predicted octanol–water partition coefficient (Wildman–Crippen LogP) is 1.10. The molecule has 0 saturated heterocycles. The molecule has 10 heteroatoms. The number of carbonyl (C=O) groups is 4.